The van der Waals surface area contributed by atoms with Gasteiger partial charge in [0, 0.05) is 0 Å². The molecular weight excluding hydrogens is 315 g/mol. The fraction of sp³-hybridized carbons (Fsp3) is 0.357. The Morgan fingerprint density at radius 3 is 2.00 bits per heavy atom. The predicted octanol–water partition coefficient (Wildman–Crippen LogP) is 2.18. The van der Waals surface area contributed by atoms with Gasteiger partial charge in [-0.25, -0.2) is 4.79 Å². The molecule has 9 heteroatoms. The van der Waals surface area contributed by atoms with Gasteiger partial charge in [-0.05, 0) is 37.6 Å². The summed E-state index contributed by atoms with van der Waals surface area (Å²) in [5.41, 5.74) is 6.23. The third kappa shape index (κ3) is 8.96. The monoisotopic (exact) mass is 329 g/mol. The summed E-state index contributed by atoms with van der Waals surface area (Å²) in [6.45, 7) is 1.20. The van der Waals surface area contributed by atoms with Crippen LogP contribution in [0.5, 0.6) is 5.75 Å². The number of ether oxygens (including phenoxy) is 1. The van der Waals surface area contributed by atoms with Crippen LogP contribution in [0.25, 0.3) is 0 Å². The van der Waals surface area contributed by atoms with E-state index in [9.17, 15) is 13.2 Å². The second kappa shape index (κ2) is 10.0. The quantitative estimate of drug-likeness (QED) is 0.799. The maximum Gasteiger partial charge on any atom is 0.490 e. The Hall–Kier alpha value is -2.78. The number of rotatable bonds is 5. The minimum atomic E-state index is -5.08. The minimum absolute atomic E-state index is 0.438. The molecule has 0 spiro atoms. The lowest BCUT2D eigenvalue weighted by molar-refractivity contribution is -0.192. The van der Waals surface area contributed by atoms with Crippen molar-refractivity contribution in [2.75, 3.05) is 13.2 Å². The number of carbonyl (C=O) groups is 1. The third-order valence-electron chi connectivity index (χ3n) is 2.27. The Kier molecular flexibility index (Phi) is 8.82. The van der Waals surface area contributed by atoms with Gasteiger partial charge in [0.05, 0.1) is 29.9 Å². The second-order valence-electron chi connectivity index (χ2n) is 4.12. The number of hydrogen-bond donors (Lipinski definition) is 2. The SMILES string of the molecule is N#Cc1cc(C#N)cc(OCCCCN)c1.O=C(O)C(F)(F)F. The fourth-order valence-corrected chi connectivity index (χ4v) is 1.25. The van der Waals surface area contributed by atoms with E-state index in [2.05, 4.69) is 0 Å². The number of nitriles is 2. The molecule has 0 unspecified atom stereocenters. The highest BCUT2D eigenvalue weighted by molar-refractivity contribution is 5.73. The van der Waals surface area contributed by atoms with Gasteiger partial charge in [-0.2, -0.15) is 23.7 Å². The van der Waals surface area contributed by atoms with Crippen molar-refractivity contribution in [2.45, 2.75) is 19.0 Å². The molecule has 1 aromatic carbocycles. The molecule has 0 bridgehead atoms. The van der Waals surface area contributed by atoms with Gasteiger partial charge in [-0.15, -0.1) is 0 Å². The molecule has 1 rings (SSSR count). The van der Waals surface area contributed by atoms with Gasteiger partial charge in [0.2, 0.25) is 0 Å². The zero-order chi connectivity index (χ0) is 17.9. The van der Waals surface area contributed by atoms with Crippen LogP contribution >= 0.6 is 0 Å². The number of carboxylic acid groups (broad SMARTS) is 1. The number of alkyl halides is 3. The second-order valence-corrected chi connectivity index (χ2v) is 4.12. The molecule has 124 valence electrons. The van der Waals surface area contributed by atoms with E-state index in [0.717, 1.165) is 12.8 Å². The Morgan fingerprint density at radius 1 is 1.17 bits per heavy atom. The van der Waals surface area contributed by atoms with Crippen LogP contribution in [0.2, 0.25) is 0 Å². The molecule has 6 nitrogen and oxygen atoms in total. The van der Waals surface area contributed by atoms with Crippen LogP contribution in [-0.4, -0.2) is 30.4 Å². The van der Waals surface area contributed by atoms with Gasteiger partial charge in [-0.1, -0.05) is 0 Å². The van der Waals surface area contributed by atoms with Crippen LogP contribution < -0.4 is 10.5 Å². The highest BCUT2D eigenvalue weighted by Gasteiger charge is 2.38. The molecule has 0 aliphatic carbocycles. The van der Waals surface area contributed by atoms with E-state index in [4.69, 9.17) is 30.9 Å². The molecule has 0 heterocycles. The van der Waals surface area contributed by atoms with Crippen molar-refractivity contribution < 1.29 is 27.8 Å². The first-order chi connectivity index (χ1) is 10.7. The molecule has 0 saturated heterocycles. The van der Waals surface area contributed by atoms with Gasteiger partial charge in [0.15, 0.2) is 0 Å². The topological polar surface area (TPSA) is 120 Å². The van der Waals surface area contributed by atoms with Crippen molar-refractivity contribution in [3.05, 3.63) is 29.3 Å². The lowest BCUT2D eigenvalue weighted by atomic mass is 10.1. The number of benzene rings is 1. The lowest BCUT2D eigenvalue weighted by Gasteiger charge is -2.06. The van der Waals surface area contributed by atoms with Crippen LogP contribution in [0, 0.1) is 22.7 Å². The number of unbranched alkanes of at least 4 members (excludes halogenated alkanes) is 1. The van der Waals surface area contributed by atoms with Crippen LogP contribution in [0.4, 0.5) is 13.2 Å². The molecule has 23 heavy (non-hydrogen) atoms. The molecule has 0 aliphatic heterocycles. The van der Waals surface area contributed by atoms with E-state index >= 15 is 0 Å². The molecule has 0 amide bonds. The van der Waals surface area contributed by atoms with Gasteiger partial charge in [-0.3, -0.25) is 0 Å². The van der Waals surface area contributed by atoms with E-state index in [0.29, 0.717) is 30.0 Å². The summed E-state index contributed by atoms with van der Waals surface area (Å²) in [4.78, 5) is 8.90. The maximum absolute atomic E-state index is 10.6. The average Bonchev–Trinajstić information content (AvgIpc) is 2.50. The van der Waals surface area contributed by atoms with E-state index in [1.54, 1.807) is 12.1 Å². The van der Waals surface area contributed by atoms with E-state index in [1.165, 1.54) is 6.07 Å². The summed E-state index contributed by atoms with van der Waals surface area (Å²) < 4.78 is 37.2. The largest absolute Gasteiger partial charge is 0.494 e. The zero-order valence-electron chi connectivity index (χ0n) is 11.9. The highest BCUT2D eigenvalue weighted by Crippen LogP contribution is 2.16. The van der Waals surface area contributed by atoms with Crippen molar-refractivity contribution in [3.8, 4) is 17.9 Å². The number of carboxylic acids is 1. The minimum Gasteiger partial charge on any atom is -0.494 e. The van der Waals surface area contributed by atoms with Crippen LogP contribution in [0.15, 0.2) is 18.2 Å². The van der Waals surface area contributed by atoms with Crippen molar-refractivity contribution in [1.29, 1.82) is 10.5 Å². The normalized spacial score (nSPS) is 9.83. The Bertz CT molecular complexity index is 572. The summed E-state index contributed by atoms with van der Waals surface area (Å²) in [5, 5.41) is 24.6. The standard InChI is InChI=1S/C12H13N3O.C2HF3O2/c13-3-1-2-4-16-12-6-10(8-14)5-11(7-12)9-15;3-2(4,5)1(6)7/h5-7H,1-4,13H2;(H,6,7). The number of halogens is 3. The molecule has 3 N–H and O–H groups in total. The smallest absolute Gasteiger partial charge is 0.490 e. The summed E-state index contributed by atoms with van der Waals surface area (Å²) in [6, 6.07) is 8.78. The van der Waals surface area contributed by atoms with E-state index in [1.807, 2.05) is 12.1 Å². The van der Waals surface area contributed by atoms with Crippen molar-refractivity contribution in [1.82, 2.24) is 0 Å². The molecular formula is C14H14F3N3O3. The summed E-state index contributed by atoms with van der Waals surface area (Å²) >= 11 is 0. The summed E-state index contributed by atoms with van der Waals surface area (Å²) in [6.07, 6.45) is -3.31. The van der Waals surface area contributed by atoms with Gasteiger partial charge >= 0.3 is 12.1 Å². The highest BCUT2D eigenvalue weighted by atomic mass is 19.4. The zero-order valence-corrected chi connectivity index (χ0v) is 11.9. The van der Waals surface area contributed by atoms with Gasteiger partial charge in [0.1, 0.15) is 5.75 Å². The molecule has 0 saturated carbocycles. The Labute approximate surface area is 130 Å². The Balaban J connectivity index is 0.000000585. The number of nitrogens with two attached hydrogens (primary N) is 1. The van der Waals surface area contributed by atoms with Crippen LogP contribution in [0.1, 0.15) is 24.0 Å². The van der Waals surface area contributed by atoms with Crippen molar-refractivity contribution >= 4 is 5.97 Å². The molecule has 0 radical (unpaired) electrons. The first-order valence-electron chi connectivity index (χ1n) is 6.32. The molecule has 0 atom stereocenters. The average molecular weight is 329 g/mol. The van der Waals surface area contributed by atoms with Crippen molar-refractivity contribution in [2.24, 2.45) is 5.73 Å². The van der Waals surface area contributed by atoms with Gasteiger partial charge in [0.25, 0.3) is 0 Å². The Morgan fingerprint density at radius 2 is 1.65 bits per heavy atom. The predicted molar refractivity (Wildman–Crippen MR) is 73.3 cm³/mol. The van der Waals surface area contributed by atoms with E-state index < -0.39 is 12.1 Å². The summed E-state index contributed by atoms with van der Waals surface area (Å²) in [5.74, 6) is -2.19. The van der Waals surface area contributed by atoms with E-state index in [-0.39, 0.29) is 0 Å². The van der Waals surface area contributed by atoms with Gasteiger partial charge < -0.3 is 15.6 Å². The first-order valence-corrected chi connectivity index (χ1v) is 6.32. The number of aliphatic carboxylic acids is 1. The van der Waals surface area contributed by atoms with Crippen molar-refractivity contribution in [3.63, 3.8) is 0 Å². The lowest BCUT2D eigenvalue weighted by Crippen LogP contribution is -2.21. The molecule has 0 fully saturated rings. The maximum atomic E-state index is 10.6. The molecule has 0 aromatic heterocycles. The molecule has 0 aliphatic rings. The van der Waals surface area contributed by atoms with Crippen LogP contribution in [0.3, 0.4) is 0 Å². The third-order valence-corrected chi connectivity index (χ3v) is 2.27. The molecule has 1 aromatic rings. The summed E-state index contributed by atoms with van der Waals surface area (Å²) in [7, 11) is 0. The van der Waals surface area contributed by atoms with Crippen LogP contribution in [-0.2, 0) is 4.79 Å². The fourth-order valence-electron chi connectivity index (χ4n) is 1.25. The first kappa shape index (κ1) is 20.2. The number of nitrogens with zero attached hydrogens (tertiary/aromatic N) is 2. The number of hydrogen-bond acceptors (Lipinski definition) is 5.